The van der Waals surface area contributed by atoms with Crippen LogP contribution in [0, 0.1) is 5.92 Å². The van der Waals surface area contributed by atoms with Crippen LogP contribution in [0.1, 0.15) is 25.5 Å². The van der Waals surface area contributed by atoms with Crippen molar-refractivity contribution in [2.45, 2.75) is 19.9 Å². The number of sulfonamides is 1. The predicted molar refractivity (Wildman–Crippen MR) is 74.2 cm³/mol. The van der Waals surface area contributed by atoms with Crippen LogP contribution in [0.15, 0.2) is 24.3 Å². The first-order chi connectivity index (χ1) is 8.45. The van der Waals surface area contributed by atoms with Crippen molar-refractivity contribution in [3.05, 3.63) is 29.8 Å². The molecule has 1 aliphatic heterocycles. The fraction of sp³-hybridized carbons (Fsp3) is 0.538. The number of benzene rings is 1. The van der Waals surface area contributed by atoms with E-state index in [0.717, 1.165) is 11.3 Å². The molecule has 18 heavy (non-hydrogen) atoms. The minimum Gasteiger partial charge on any atom is -0.313 e. The predicted octanol–water partition coefficient (Wildman–Crippen LogP) is 1.75. The zero-order chi connectivity index (χ0) is 13.3. The molecule has 1 heterocycles. The minimum absolute atomic E-state index is 0.132. The van der Waals surface area contributed by atoms with Crippen LogP contribution in [0.2, 0.25) is 0 Å². The van der Waals surface area contributed by atoms with E-state index in [-0.39, 0.29) is 17.7 Å². The Morgan fingerprint density at radius 3 is 2.61 bits per heavy atom. The minimum atomic E-state index is -3.15. The van der Waals surface area contributed by atoms with E-state index in [4.69, 9.17) is 0 Å². The molecular formula is C13H20N2O2S. The van der Waals surface area contributed by atoms with Crippen LogP contribution < -0.4 is 9.62 Å². The Bertz CT molecular complexity index is 528. The Labute approximate surface area is 109 Å². The Morgan fingerprint density at radius 1 is 1.39 bits per heavy atom. The first kappa shape index (κ1) is 13.4. The molecule has 1 fully saturated rings. The van der Waals surface area contributed by atoms with Gasteiger partial charge in [0, 0.05) is 12.6 Å². The molecule has 0 spiro atoms. The molecule has 0 aliphatic carbocycles. The van der Waals surface area contributed by atoms with Gasteiger partial charge in [-0.3, -0.25) is 4.31 Å². The lowest BCUT2D eigenvalue weighted by Crippen LogP contribution is -2.27. The molecule has 0 saturated carbocycles. The van der Waals surface area contributed by atoms with Crippen molar-refractivity contribution in [3.8, 4) is 0 Å². The number of hydrogen-bond acceptors (Lipinski definition) is 3. The summed E-state index contributed by atoms with van der Waals surface area (Å²) in [6.45, 7) is 4.59. The summed E-state index contributed by atoms with van der Waals surface area (Å²) in [5.74, 6) is 0.433. The van der Waals surface area contributed by atoms with E-state index in [1.54, 1.807) is 4.31 Å². The third-order valence-electron chi connectivity index (χ3n) is 3.41. The first-order valence-corrected chi connectivity index (χ1v) is 7.83. The van der Waals surface area contributed by atoms with Crippen LogP contribution in [0.25, 0.3) is 0 Å². The van der Waals surface area contributed by atoms with Gasteiger partial charge < -0.3 is 5.32 Å². The summed E-state index contributed by atoms with van der Waals surface area (Å²) in [4.78, 5) is 0. The molecule has 0 radical (unpaired) electrons. The second-order valence-corrected chi connectivity index (χ2v) is 6.92. The van der Waals surface area contributed by atoms with Crippen LogP contribution in [-0.2, 0) is 10.0 Å². The van der Waals surface area contributed by atoms with E-state index in [2.05, 4.69) is 5.32 Å². The van der Waals surface area contributed by atoms with E-state index in [0.29, 0.717) is 6.54 Å². The van der Waals surface area contributed by atoms with Crippen LogP contribution in [0.3, 0.4) is 0 Å². The van der Waals surface area contributed by atoms with Gasteiger partial charge in [0.2, 0.25) is 10.0 Å². The number of rotatable bonds is 3. The average Bonchev–Trinajstić information content (AvgIpc) is 2.61. The fourth-order valence-corrected chi connectivity index (χ4v) is 4.34. The summed E-state index contributed by atoms with van der Waals surface area (Å²) in [6, 6.07) is 7.83. The van der Waals surface area contributed by atoms with Gasteiger partial charge in [-0.25, -0.2) is 8.42 Å². The Morgan fingerprint density at radius 2 is 2.06 bits per heavy atom. The Kier molecular flexibility index (Phi) is 3.64. The second-order valence-electron chi connectivity index (χ2n) is 4.98. The summed E-state index contributed by atoms with van der Waals surface area (Å²) < 4.78 is 25.8. The van der Waals surface area contributed by atoms with E-state index in [9.17, 15) is 8.42 Å². The summed E-state index contributed by atoms with van der Waals surface area (Å²) in [5.41, 5.74) is 1.83. The highest BCUT2D eigenvalue weighted by atomic mass is 32.2. The van der Waals surface area contributed by atoms with Crippen molar-refractivity contribution in [3.63, 3.8) is 0 Å². The van der Waals surface area contributed by atoms with Crippen molar-refractivity contribution in [1.82, 2.24) is 5.32 Å². The molecule has 1 aromatic rings. The standard InChI is InChI=1S/C13H20N2O2S/c1-10-8-15(18(16,17)9-10)13-7-5-4-6-12(13)11(2)14-3/h4-7,10-11,14H,8-9H2,1-3H3. The van der Waals surface area contributed by atoms with Gasteiger partial charge in [-0.15, -0.1) is 0 Å². The largest absolute Gasteiger partial charge is 0.313 e. The number of nitrogens with zero attached hydrogens (tertiary/aromatic N) is 1. The monoisotopic (exact) mass is 268 g/mol. The quantitative estimate of drug-likeness (QED) is 0.908. The van der Waals surface area contributed by atoms with Gasteiger partial charge in [0.1, 0.15) is 0 Å². The van der Waals surface area contributed by atoms with Gasteiger partial charge in [-0.1, -0.05) is 25.1 Å². The molecule has 0 amide bonds. The van der Waals surface area contributed by atoms with Crippen molar-refractivity contribution in [2.24, 2.45) is 5.92 Å². The van der Waals surface area contributed by atoms with Gasteiger partial charge in [0.25, 0.3) is 0 Å². The summed E-state index contributed by atoms with van der Waals surface area (Å²) in [7, 11) is -1.27. The van der Waals surface area contributed by atoms with Gasteiger partial charge in [-0.05, 0) is 31.5 Å². The number of hydrogen-bond donors (Lipinski definition) is 1. The lowest BCUT2D eigenvalue weighted by molar-refractivity contribution is 0.597. The number of para-hydroxylation sites is 1. The van der Waals surface area contributed by atoms with Gasteiger partial charge in [0.15, 0.2) is 0 Å². The molecule has 0 aromatic heterocycles. The lowest BCUT2D eigenvalue weighted by Gasteiger charge is -2.23. The van der Waals surface area contributed by atoms with Crippen molar-refractivity contribution in [2.75, 3.05) is 23.7 Å². The van der Waals surface area contributed by atoms with Gasteiger partial charge >= 0.3 is 0 Å². The maximum atomic E-state index is 12.1. The molecule has 4 nitrogen and oxygen atoms in total. The lowest BCUT2D eigenvalue weighted by atomic mass is 10.1. The summed E-state index contributed by atoms with van der Waals surface area (Å²) in [5, 5.41) is 3.16. The SMILES string of the molecule is CNC(C)c1ccccc1N1CC(C)CS1(=O)=O. The van der Waals surface area contributed by atoms with E-state index < -0.39 is 10.0 Å². The van der Waals surface area contributed by atoms with Crippen LogP contribution in [-0.4, -0.2) is 27.8 Å². The number of nitrogens with one attached hydrogen (secondary N) is 1. The van der Waals surface area contributed by atoms with Crippen molar-refractivity contribution in [1.29, 1.82) is 0 Å². The van der Waals surface area contributed by atoms with Gasteiger partial charge in [-0.2, -0.15) is 0 Å². The molecular weight excluding hydrogens is 248 g/mol. The molecule has 1 N–H and O–H groups in total. The highest BCUT2D eigenvalue weighted by molar-refractivity contribution is 7.93. The van der Waals surface area contributed by atoms with Crippen LogP contribution >= 0.6 is 0 Å². The molecule has 2 atom stereocenters. The van der Waals surface area contributed by atoms with Gasteiger partial charge in [0.05, 0.1) is 11.4 Å². The summed E-state index contributed by atoms with van der Waals surface area (Å²) >= 11 is 0. The third-order valence-corrected chi connectivity index (χ3v) is 5.42. The van der Waals surface area contributed by atoms with E-state index in [1.807, 2.05) is 45.2 Å². The molecule has 2 unspecified atom stereocenters. The highest BCUT2D eigenvalue weighted by Crippen LogP contribution is 2.32. The van der Waals surface area contributed by atoms with Crippen molar-refractivity contribution >= 4 is 15.7 Å². The maximum absolute atomic E-state index is 12.1. The fourth-order valence-electron chi connectivity index (χ4n) is 2.38. The third kappa shape index (κ3) is 2.37. The molecule has 2 rings (SSSR count). The summed E-state index contributed by atoms with van der Waals surface area (Å²) in [6.07, 6.45) is 0. The zero-order valence-electron chi connectivity index (χ0n) is 11.1. The van der Waals surface area contributed by atoms with Crippen LogP contribution in [0.4, 0.5) is 5.69 Å². The van der Waals surface area contributed by atoms with E-state index >= 15 is 0 Å². The molecule has 100 valence electrons. The maximum Gasteiger partial charge on any atom is 0.235 e. The first-order valence-electron chi connectivity index (χ1n) is 6.22. The molecule has 1 aromatic carbocycles. The average molecular weight is 268 g/mol. The molecule has 5 heteroatoms. The molecule has 1 aliphatic rings. The topological polar surface area (TPSA) is 49.4 Å². The molecule has 1 saturated heterocycles. The second kappa shape index (κ2) is 4.90. The van der Waals surface area contributed by atoms with Crippen molar-refractivity contribution < 1.29 is 8.42 Å². The Hall–Kier alpha value is -1.07. The smallest absolute Gasteiger partial charge is 0.235 e. The number of anilines is 1. The zero-order valence-corrected chi connectivity index (χ0v) is 11.9. The van der Waals surface area contributed by atoms with Crippen LogP contribution in [0.5, 0.6) is 0 Å². The van der Waals surface area contributed by atoms with E-state index in [1.165, 1.54) is 0 Å². The molecule has 0 bridgehead atoms. The normalized spacial score (nSPS) is 24.2. The highest BCUT2D eigenvalue weighted by Gasteiger charge is 2.35. The Balaban J connectivity index is 2.46.